The minimum Gasteiger partial charge on any atom is -0.494 e. The predicted molar refractivity (Wildman–Crippen MR) is 114 cm³/mol. The van der Waals surface area contributed by atoms with Crippen LogP contribution in [0.4, 0.5) is 0 Å². The zero-order valence-corrected chi connectivity index (χ0v) is 17.0. The highest BCUT2D eigenvalue weighted by molar-refractivity contribution is 6.15. The van der Waals surface area contributed by atoms with Crippen molar-refractivity contribution in [3.05, 3.63) is 77.9 Å². The normalized spacial score (nSPS) is 10.3. The van der Waals surface area contributed by atoms with Gasteiger partial charge in [0.05, 0.1) is 13.2 Å². The molecular formula is C22H29BN2O2. The molecule has 3 aromatic rings. The molecule has 2 aromatic carbocycles. The first kappa shape index (κ1) is 20.6. The molecule has 0 spiro atoms. The lowest BCUT2D eigenvalue weighted by molar-refractivity contribution is 0.332. The van der Waals surface area contributed by atoms with Gasteiger partial charge >= 0.3 is 0 Å². The highest BCUT2D eigenvalue weighted by Gasteiger charge is 2.16. The smallest absolute Gasteiger partial charge is 0.122 e. The third-order valence-electron chi connectivity index (χ3n) is 4.43. The van der Waals surface area contributed by atoms with Crippen LogP contribution in [-0.4, -0.2) is 30.6 Å². The molecule has 142 valence electrons. The van der Waals surface area contributed by atoms with Gasteiger partial charge in [0.15, 0.2) is 0 Å². The minimum atomic E-state index is 0.237. The van der Waals surface area contributed by atoms with Crippen LogP contribution in [0.25, 0.3) is 0 Å². The largest absolute Gasteiger partial charge is 0.494 e. The summed E-state index contributed by atoms with van der Waals surface area (Å²) < 4.78 is 13.4. The number of para-hydroxylation sites is 2. The van der Waals surface area contributed by atoms with Crippen molar-refractivity contribution in [2.24, 2.45) is 7.05 Å². The van der Waals surface area contributed by atoms with Crippen LogP contribution in [0.15, 0.2) is 60.9 Å². The third-order valence-corrected chi connectivity index (χ3v) is 4.43. The molecule has 0 unspecified atom stereocenters. The first-order valence-corrected chi connectivity index (χ1v) is 9.45. The van der Waals surface area contributed by atoms with Gasteiger partial charge in [0.1, 0.15) is 25.2 Å². The van der Waals surface area contributed by atoms with Crippen molar-refractivity contribution in [3.8, 4) is 11.5 Å². The second-order valence-corrected chi connectivity index (χ2v) is 6.25. The van der Waals surface area contributed by atoms with Crippen molar-refractivity contribution < 1.29 is 9.47 Å². The molecule has 4 nitrogen and oxygen atoms in total. The molecule has 0 radical (unpaired) electrons. The van der Waals surface area contributed by atoms with E-state index in [1.54, 1.807) is 6.20 Å². The Labute approximate surface area is 163 Å². The third kappa shape index (κ3) is 5.65. The predicted octanol–water partition coefficient (Wildman–Crippen LogP) is 3.94. The number of hydrogen-bond acceptors (Lipinski definition) is 3. The van der Waals surface area contributed by atoms with Crippen molar-refractivity contribution in [2.45, 2.75) is 26.6 Å². The molecule has 0 saturated heterocycles. The number of aryl methyl sites for hydroxylation is 2. The minimum absolute atomic E-state index is 0.237. The molecule has 3 rings (SSSR count). The lowest BCUT2D eigenvalue weighted by Gasteiger charge is -2.19. The fourth-order valence-electron chi connectivity index (χ4n) is 2.86. The monoisotopic (exact) mass is 364 g/mol. The molecule has 1 aromatic heterocycles. The first-order chi connectivity index (χ1) is 13.1. The Morgan fingerprint density at radius 1 is 0.926 bits per heavy atom. The summed E-state index contributed by atoms with van der Waals surface area (Å²) in [5.41, 5.74) is 2.39. The SMILES string of the molecule is BC(c1ccccc1OCC)c1ccccc1OCC.Cc1nccn1C. The lowest BCUT2D eigenvalue weighted by atomic mass is 9.75. The highest BCUT2D eigenvalue weighted by Crippen LogP contribution is 2.34. The zero-order chi connectivity index (χ0) is 19.6. The summed E-state index contributed by atoms with van der Waals surface area (Å²) in [4.78, 5) is 3.98. The summed E-state index contributed by atoms with van der Waals surface area (Å²) in [6.07, 6.45) is 3.71. The first-order valence-electron chi connectivity index (χ1n) is 9.45. The molecule has 5 heteroatoms. The van der Waals surface area contributed by atoms with Gasteiger partial charge in [-0.25, -0.2) is 4.98 Å². The van der Waals surface area contributed by atoms with Crippen molar-refractivity contribution in [1.82, 2.24) is 9.55 Å². The average Bonchev–Trinajstić information content (AvgIpc) is 3.06. The van der Waals surface area contributed by atoms with Crippen molar-refractivity contribution in [3.63, 3.8) is 0 Å². The van der Waals surface area contributed by atoms with E-state index in [0.717, 1.165) is 17.3 Å². The van der Waals surface area contributed by atoms with Crippen LogP contribution < -0.4 is 9.47 Å². The van der Waals surface area contributed by atoms with Crippen LogP contribution in [0.5, 0.6) is 11.5 Å². The zero-order valence-electron chi connectivity index (χ0n) is 17.0. The highest BCUT2D eigenvalue weighted by atomic mass is 16.5. The molecular weight excluding hydrogens is 335 g/mol. The quantitative estimate of drug-likeness (QED) is 0.622. The van der Waals surface area contributed by atoms with Gasteiger partial charge < -0.3 is 14.0 Å². The lowest BCUT2D eigenvalue weighted by Crippen LogP contribution is -2.07. The number of benzene rings is 2. The Morgan fingerprint density at radius 3 is 1.74 bits per heavy atom. The Bertz CT molecular complexity index is 766. The van der Waals surface area contributed by atoms with E-state index in [2.05, 4.69) is 37.1 Å². The Morgan fingerprint density at radius 2 is 1.41 bits per heavy atom. The number of nitrogens with zero attached hydrogens (tertiary/aromatic N) is 2. The van der Waals surface area contributed by atoms with E-state index in [4.69, 9.17) is 9.47 Å². The molecule has 0 bridgehead atoms. The van der Waals surface area contributed by atoms with Crippen LogP contribution in [0.3, 0.4) is 0 Å². The number of rotatable bonds is 6. The summed E-state index contributed by atoms with van der Waals surface area (Å²) >= 11 is 0. The maximum atomic E-state index is 5.74. The average molecular weight is 364 g/mol. The van der Waals surface area contributed by atoms with Crippen LogP contribution in [0, 0.1) is 6.92 Å². The molecule has 1 heterocycles. The summed E-state index contributed by atoms with van der Waals surface area (Å²) in [5, 5.41) is 0. The van der Waals surface area contributed by atoms with E-state index in [1.165, 1.54) is 11.1 Å². The number of hydrogen-bond donors (Lipinski definition) is 0. The summed E-state index contributed by atoms with van der Waals surface area (Å²) in [6.45, 7) is 7.35. The summed E-state index contributed by atoms with van der Waals surface area (Å²) in [5.74, 6) is 3.20. The van der Waals surface area contributed by atoms with E-state index >= 15 is 0 Å². The van der Waals surface area contributed by atoms with Crippen LogP contribution in [-0.2, 0) is 7.05 Å². The Balaban J connectivity index is 0.000000313. The Hall–Kier alpha value is -2.69. The van der Waals surface area contributed by atoms with Gasteiger partial charge in [-0.2, -0.15) is 0 Å². The molecule has 0 aliphatic rings. The number of ether oxygens (including phenoxy) is 2. The molecule has 0 N–H and O–H groups in total. The Kier molecular flexibility index (Phi) is 7.99. The molecule has 0 fully saturated rings. The second kappa shape index (κ2) is 10.5. The van der Waals surface area contributed by atoms with Gasteiger partial charge in [0, 0.05) is 19.4 Å². The molecule has 0 amide bonds. The fraction of sp³-hybridized carbons (Fsp3) is 0.318. The van der Waals surface area contributed by atoms with Gasteiger partial charge in [-0.3, -0.25) is 0 Å². The number of aromatic nitrogens is 2. The fourth-order valence-corrected chi connectivity index (χ4v) is 2.86. The van der Waals surface area contributed by atoms with Crippen molar-refractivity contribution in [2.75, 3.05) is 13.2 Å². The number of imidazole rings is 1. The summed E-state index contributed by atoms with van der Waals surface area (Å²) in [6, 6.07) is 16.4. The van der Waals surface area contributed by atoms with Crippen molar-refractivity contribution in [1.29, 1.82) is 0 Å². The van der Waals surface area contributed by atoms with E-state index in [1.807, 2.05) is 62.8 Å². The molecule has 27 heavy (non-hydrogen) atoms. The maximum absolute atomic E-state index is 5.74. The van der Waals surface area contributed by atoms with Gasteiger partial charge in [-0.15, -0.1) is 0 Å². The van der Waals surface area contributed by atoms with Crippen LogP contribution >= 0.6 is 0 Å². The summed E-state index contributed by atoms with van der Waals surface area (Å²) in [7, 11) is 4.16. The standard InChI is InChI=1S/C17H21BO2.C5H8N2/c1-3-19-15-11-7-5-9-13(15)17(18)14-10-6-8-12-16(14)20-4-2;1-5-6-3-4-7(5)2/h5-12,17H,3-4,18H2,1-2H3;3-4H,1-2H3. The molecule has 0 atom stereocenters. The molecule has 0 aliphatic carbocycles. The van der Waals surface area contributed by atoms with E-state index in [9.17, 15) is 0 Å². The van der Waals surface area contributed by atoms with Crippen LogP contribution in [0.2, 0.25) is 0 Å². The van der Waals surface area contributed by atoms with E-state index in [0.29, 0.717) is 13.2 Å². The topological polar surface area (TPSA) is 36.3 Å². The van der Waals surface area contributed by atoms with E-state index < -0.39 is 0 Å². The van der Waals surface area contributed by atoms with Gasteiger partial charge in [0.25, 0.3) is 0 Å². The van der Waals surface area contributed by atoms with Gasteiger partial charge in [-0.05, 0) is 49.8 Å². The maximum Gasteiger partial charge on any atom is 0.122 e. The van der Waals surface area contributed by atoms with Gasteiger partial charge in [0.2, 0.25) is 0 Å². The second-order valence-electron chi connectivity index (χ2n) is 6.25. The molecule has 0 aliphatic heterocycles. The van der Waals surface area contributed by atoms with Gasteiger partial charge in [-0.1, -0.05) is 36.4 Å². The van der Waals surface area contributed by atoms with E-state index in [-0.39, 0.29) is 5.82 Å². The molecule has 0 saturated carbocycles. The van der Waals surface area contributed by atoms with Crippen LogP contribution in [0.1, 0.15) is 36.6 Å². The van der Waals surface area contributed by atoms with Crippen molar-refractivity contribution >= 4 is 7.85 Å².